The Morgan fingerprint density at radius 1 is 0.269 bits per heavy atom. The van der Waals surface area contributed by atoms with Crippen molar-refractivity contribution in [1.82, 2.24) is 0 Å². The summed E-state index contributed by atoms with van der Waals surface area (Å²) >= 11 is 0. The molecule has 6 heteroatoms. The summed E-state index contributed by atoms with van der Waals surface area (Å²) in [7, 11) is 0. The van der Waals surface area contributed by atoms with Crippen molar-refractivity contribution in [2.75, 3.05) is 13.2 Å². The van der Waals surface area contributed by atoms with Crippen LogP contribution >= 0.6 is 0 Å². The molecule has 78 heavy (non-hydrogen) atoms. The Balaban J connectivity index is 4.23. The van der Waals surface area contributed by atoms with Gasteiger partial charge in [-0.15, -0.1) is 0 Å². The van der Waals surface area contributed by atoms with E-state index in [1.54, 1.807) is 0 Å². The number of ether oxygens (including phenoxy) is 3. The van der Waals surface area contributed by atoms with E-state index >= 15 is 0 Å². The molecule has 6 nitrogen and oxygen atoms in total. The first-order valence-corrected chi connectivity index (χ1v) is 32.9. The number of esters is 3. The van der Waals surface area contributed by atoms with Gasteiger partial charge in [0.15, 0.2) is 6.10 Å². The molecule has 0 aliphatic heterocycles. The maximum absolute atomic E-state index is 12.9. The lowest BCUT2D eigenvalue weighted by molar-refractivity contribution is -0.167. The van der Waals surface area contributed by atoms with Crippen molar-refractivity contribution < 1.29 is 28.6 Å². The first-order valence-electron chi connectivity index (χ1n) is 32.9. The van der Waals surface area contributed by atoms with Gasteiger partial charge in [0, 0.05) is 19.3 Å². The highest BCUT2D eigenvalue weighted by molar-refractivity contribution is 5.71. The maximum Gasteiger partial charge on any atom is 0.306 e. The fraction of sp³-hybridized carbons (Fsp3) is 0.708. The zero-order valence-corrected chi connectivity index (χ0v) is 51.2. The molecule has 0 aromatic heterocycles. The number of unbranched alkanes of at least 4 members (excludes halogenated alkanes) is 30. The van der Waals surface area contributed by atoms with Gasteiger partial charge in [0.1, 0.15) is 13.2 Å². The summed E-state index contributed by atoms with van der Waals surface area (Å²) in [5.41, 5.74) is 0. The molecule has 0 rings (SSSR count). The molecule has 0 aliphatic rings. The lowest BCUT2D eigenvalue weighted by Gasteiger charge is -2.18. The van der Waals surface area contributed by atoms with Crippen molar-refractivity contribution in [2.24, 2.45) is 0 Å². The van der Waals surface area contributed by atoms with Gasteiger partial charge in [0.25, 0.3) is 0 Å². The summed E-state index contributed by atoms with van der Waals surface area (Å²) in [5, 5.41) is 0. The molecule has 0 amide bonds. The van der Waals surface area contributed by atoms with Crippen molar-refractivity contribution in [2.45, 2.75) is 316 Å². The van der Waals surface area contributed by atoms with Crippen molar-refractivity contribution >= 4 is 17.9 Å². The van der Waals surface area contributed by atoms with E-state index in [4.69, 9.17) is 14.2 Å². The highest BCUT2D eigenvalue weighted by Crippen LogP contribution is 2.17. The van der Waals surface area contributed by atoms with E-state index in [1.165, 1.54) is 161 Å². The van der Waals surface area contributed by atoms with Gasteiger partial charge >= 0.3 is 17.9 Å². The summed E-state index contributed by atoms with van der Waals surface area (Å²) in [4.78, 5) is 38.1. The van der Waals surface area contributed by atoms with Gasteiger partial charge < -0.3 is 14.2 Å². The zero-order chi connectivity index (χ0) is 56.4. The molecule has 1 atom stereocenters. The molecule has 0 saturated heterocycles. The molecule has 0 aromatic rings. The first-order chi connectivity index (χ1) is 38.5. The van der Waals surface area contributed by atoms with Crippen LogP contribution in [0.1, 0.15) is 310 Å². The summed E-state index contributed by atoms with van der Waals surface area (Å²) in [5.74, 6) is -0.954. The minimum absolute atomic E-state index is 0.0939. The van der Waals surface area contributed by atoms with Gasteiger partial charge in [0.05, 0.1) is 0 Å². The van der Waals surface area contributed by atoms with Crippen LogP contribution < -0.4 is 0 Å². The van der Waals surface area contributed by atoms with Crippen LogP contribution in [0.5, 0.6) is 0 Å². The van der Waals surface area contributed by atoms with Gasteiger partial charge in [-0.3, -0.25) is 14.4 Å². The second-order valence-electron chi connectivity index (χ2n) is 21.7. The van der Waals surface area contributed by atoms with Gasteiger partial charge in [0.2, 0.25) is 0 Å². The highest BCUT2D eigenvalue weighted by Gasteiger charge is 2.19. The molecule has 1 unspecified atom stereocenters. The lowest BCUT2D eigenvalue weighted by atomic mass is 10.0. The second-order valence-corrected chi connectivity index (χ2v) is 21.7. The quantitative estimate of drug-likeness (QED) is 0.0261. The topological polar surface area (TPSA) is 78.9 Å². The second kappa shape index (κ2) is 65.6. The van der Waals surface area contributed by atoms with Crippen LogP contribution in [-0.2, 0) is 28.6 Å². The molecule has 0 N–H and O–H groups in total. The molecule has 0 fully saturated rings. The molecule has 446 valence electrons. The fourth-order valence-electron chi connectivity index (χ4n) is 9.15. The molecular formula is C72H122O6. The summed E-state index contributed by atoms with van der Waals surface area (Å²) in [6, 6.07) is 0. The van der Waals surface area contributed by atoms with Gasteiger partial charge in [-0.1, -0.05) is 316 Å². The van der Waals surface area contributed by atoms with Gasteiger partial charge in [-0.2, -0.15) is 0 Å². The van der Waals surface area contributed by atoms with E-state index in [0.717, 1.165) is 103 Å². The molecule has 0 saturated carbocycles. The van der Waals surface area contributed by atoms with Crippen LogP contribution in [0.2, 0.25) is 0 Å². The highest BCUT2D eigenvalue weighted by atomic mass is 16.6. The summed E-state index contributed by atoms with van der Waals surface area (Å²) < 4.78 is 16.8. The third-order valence-corrected chi connectivity index (χ3v) is 14.0. The smallest absolute Gasteiger partial charge is 0.306 e. The number of rotatable bonds is 59. The molecule has 0 bridgehead atoms. The average Bonchev–Trinajstić information content (AvgIpc) is 3.44. The van der Waals surface area contributed by atoms with Gasteiger partial charge in [-0.05, 0) is 83.5 Å². The molecule has 0 aliphatic carbocycles. The maximum atomic E-state index is 12.9. The van der Waals surface area contributed by atoms with Gasteiger partial charge in [-0.25, -0.2) is 0 Å². The molecule has 0 aromatic carbocycles. The van der Waals surface area contributed by atoms with E-state index in [-0.39, 0.29) is 37.5 Å². The number of carbonyl (C=O) groups excluding carboxylic acids is 3. The minimum atomic E-state index is -0.799. The fourth-order valence-corrected chi connectivity index (χ4v) is 9.15. The standard InChI is InChI=1S/C72H122O6/c1-4-7-10-13-16-18-20-22-24-26-28-30-32-34-35-36-37-38-40-41-43-45-47-49-51-53-56-59-62-65-71(74)77-68-69(67-76-70(73)64-61-58-55-15-12-9-6-3)78-72(75)66-63-60-57-54-52-50-48-46-44-42-39-33-31-29-27-25-23-21-19-17-14-11-8-5-2/h7,10,16,18,22,24,28,30,34-35,37-38,41,43,47,49,53,56,69H,4-6,8-9,11-15,17,19-21,23,25-27,29,31-33,36,39-40,42,44-46,48,50-52,54-55,57-68H2,1-3H3/b10-7-,18-16-,24-22-,30-28-,35-34-,38-37-,43-41-,49-47-,56-53-. The van der Waals surface area contributed by atoms with Crippen LogP contribution in [0.3, 0.4) is 0 Å². The van der Waals surface area contributed by atoms with Crippen LogP contribution in [0, 0.1) is 0 Å². The third kappa shape index (κ3) is 62.9. The Morgan fingerprint density at radius 2 is 0.500 bits per heavy atom. The lowest BCUT2D eigenvalue weighted by Crippen LogP contribution is -2.30. The predicted molar refractivity (Wildman–Crippen MR) is 339 cm³/mol. The van der Waals surface area contributed by atoms with E-state index in [2.05, 4.69) is 130 Å². The Hall–Kier alpha value is -3.93. The molecule has 0 heterocycles. The number of hydrogen-bond acceptors (Lipinski definition) is 6. The number of carbonyl (C=O) groups is 3. The monoisotopic (exact) mass is 1080 g/mol. The molecule has 0 spiro atoms. The molecular weight excluding hydrogens is 961 g/mol. The van der Waals surface area contributed by atoms with E-state index in [9.17, 15) is 14.4 Å². The summed E-state index contributed by atoms with van der Waals surface area (Å²) in [6.07, 6.45) is 90.0. The Kier molecular flexibility index (Phi) is 62.3. The van der Waals surface area contributed by atoms with Crippen LogP contribution in [0.15, 0.2) is 109 Å². The zero-order valence-electron chi connectivity index (χ0n) is 51.2. The van der Waals surface area contributed by atoms with Crippen molar-refractivity contribution in [1.29, 1.82) is 0 Å². The average molecular weight is 1080 g/mol. The van der Waals surface area contributed by atoms with Crippen molar-refractivity contribution in [3.05, 3.63) is 109 Å². The molecule has 0 radical (unpaired) electrons. The number of hydrogen-bond donors (Lipinski definition) is 0. The Morgan fingerprint density at radius 3 is 0.782 bits per heavy atom. The third-order valence-electron chi connectivity index (χ3n) is 14.0. The Bertz CT molecular complexity index is 1570. The summed E-state index contributed by atoms with van der Waals surface area (Å²) in [6.45, 7) is 6.46. The van der Waals surface area contributed by atoms with Crippen LogP contribution in [0.4, 0.5) is 0 Å². The van der Waals surface area contributed by atoms with Crippen molar-refractivity contribution in [3.8, 4) is 0 Å². The normalized spacial score (nSPS) is 12.8. The van der Waals surface area contributed by atoms with Crippen molar-refractivity contribution in [3.63, 3.8) is 0 Å². The van der Waals surface area contributed by atoms with Crippen LogP contribution in [0.25, 0.3) is 0 Å². The Labute approximate surface area is 482 Å². The first kappa shape index (κ1) is 74.1. The number of allylic oxidation sites excluding steroid dienone is 18. The van der Waals surface area contributed by atoms with E-state index in [1.807, 2.05) is 0 Å². The largest absolute Gasteiger partial charge is 0.462 e. The predicted octanol–water partition coefficient (Wildman–Crippen LogP) is 22.6. The minimum Gasteiger partial charge on any atom is -0.462 e. The van der Waals surface area contributed by atoms with E-state index < -0.39 is 6.10 Å². The van der Waals surface area contributed by atoms with E-state index in [0.29, 0.717) is 19.3 Å². The van der Waals surface area contributed by atoms with Crippen LogP contribution in [-0.4, -0.2) is 37.2 Å². The SMILES string of the molecule is CC/C=C\C/C=C\C/C=C\C/C=C\C/C=C\C/C=C\C/C=C\C/C=C\C/C=C\CCCC(=O)OCC(COC(=O)CCCCCCCCC)OC(=O)CCCCCCCCCCCCCCCCCCCCCCCCCC.